The van der Waals surface area contributed by atoms with Gasteiger partial charge in [0.15, 0.2) is 17.3 Å². The van der Waals surface area contributed by atoms with Crippen molar-refractivity contribution in [2.75, 3.05) is 20.1 Å². The van der Waals surface area contributed by atoms with Gasteiger partial charge in [0.2, 0.25) is 5.91 Å². The number of ether oxygens (including phenoxy) is 1. The van der Waals surface area contributed by atoms with Crippen molar-refractivity contribution < 1.29 is 29.0 Å². The number of aromatic hydroxyl groups is 1. The molecule has 6 rings (SSSR count). The number of phenols is 1. The maximum atomic E-state index is 13.7. The van der Waals surface area contributed by atoms with E-state index in [-0.39, 0.29) is 29.2 Å². The largest absolute Gasteiger partial charge is 0.504 e. The third kappa shape index (κ3) is 2.75. The molecule has 4 aliphatic rings. The van der Waals surface area contributed by atoms with Crippen LogP contribution in [0.25, 0.3) is 6.08 Å². The molecule has 2 unspecified atom stereocenters. The van der Waals surface area contributed by atoms with Gasteiger partial charge in [-0.1, -0.05) is 6.08 Å². The number of rotatable bonds is 5. The fraction of sp³-hybridized carbons (Fsp3) is 0.407. The molecular weight excluding hydrogens is 448 g/mol. The van der Waals surface area contributed by atoms with E-state index in [1.165, 1.54) is 12.1 Å². The van der Waals surface area contributed by atoms with E-state index in [0.29, 0.717) is 43.5 Å². The van der Waals surface area contributed by atoms with Crippen molar-refractivity contribution in [2.24, 2.45) is 0 Å². The van der Waals surface area contributed by atoms with Gasteiger partial charge in [-0.25, -0.2) is 0 Å². The average molecular weight is 477 g/mol. The lowest BCUT2D eigenvalue weighted by Crippen LogP contribution is -2.79. The lowest BCUT2D eigenvalue weighted by molar-refractivity contribution is -0.186. The molecule has 1 saturated heterocycles. The van der Waals surface area contributed by atoms with Crippen LogP contribution in [0.3, 0.4) is 0 Å². The number of benzene rings is 1. The van der Waals surface area contributed by atoms with E-state index >= 15 is 0 Å². The van der Waals surface area contributed by atoms with Crippen molar-refractivity contribution in [1.82, 2.24) is 9.80 Å². The Kier molecular flexibility index (Phi) is 4.78. The smallest absolute Gasteiger partial charge is 0.246 e. The van der Waals surface area contributed by atoms with Gasteiger partial charge < -0.3 is 24.3 Å². The minimum atomic E-state index is -1.38. The average Bonchev–Trinajstić information content (AvgIpc) is 3.48. The number of likely N-dealkylation sites (N-methyl/N-ethyl adjacent to an activating group) is 1. The topological polar surface area (TPSA) is 103 Å². The van der Waals surface area contributed by atoms with Crippen LogP contribution >= 0.6 is 0 Å². The van der Waals surface area contributed by atoms with E-state index in [2.05, 4.69) is 6.58 Å². The van der Waals surface area contributed by atoms with Crippen LogP contribution in [0.5, 0.6) is 11.5 Å². The van der Waals surface area contributed by atoms with Gasteiger partial charge in [0.1, 0.15) is 17.7 Å². The number of carbonyl (C=O) groups is 2. The Balaban J connectivity index is 1.44. The highest BCUT2D eigenvalue weighted by Crippen LogP contribution is 2.65. The van der Waals surface area contributed by atoms with Gasteiger partial charge >= 0.3 is 0 Å². The van der Waals surface area contributed by atoms with E-state index < -0.39 is 23.2 Å². The monoisotopic (exact) mass is 476 g/mol. The highest BCUT2D eigenvalue weighted by Gasteiger charge is 2.75. The van der Waals surface area contributed by atoms with Gasteiger partial charge in [0.25, 0.3) is 0 Å². The second-order valence-corrected chi connectivity index (χ2v) is 10.0. The number of phenolic OH excluding ortho intramolecular Hbond substituents is 1. The van der Waals surface area contributed by atoms with Crippen molar-refractivity contribution in [3.63, 3.8) is 0 Å². The second kappa shape index (κ2) is 7.57. The van der Waals surface area contributed by atoms with Gasteiger partial charge in [0.05, 0.1) is 24.0 Å². The number of aliphatic hydroxyl groups is 1. The molecule has 1 aromatic carbocycles. The molecule has 2 aromatic rings. The van der Waals surface area contributed by atoms with Crippen molar-refractivity contribution in [3.8, 4) is 11.5 Å². The Morgan fingerprint density at radius 2 is 2.17 bits per heavy atom. The molecule has 5 atom stereocenters. The van der Waals surface area contributed by atoms with E-state index in [1.54, 1.807) is 48.8 Å². The number of hydrogen-bond acceptors (Lipinski definition) is 7. The highest BCUT2D eigenvalue weighted by atomic mass is 16.5. The van der Waals surface area contributed by atoms with Crippen LogP contribution in [0.1, 0.15) is 40.7 Å². The van der Waals surface area contributed by atoms with E-state index in [9.17, 15) is 19.8 Å². The Morgan fingerprint density at radius 1 is 1.34 bits per heavy atom. The summed E-state index contributed by atoms with van der Waals surface area (Å²) in [5.74, 6) is -0.149. The summed E-state index contributed by atoms with van der Waals surface area (Å²) in [5, 5.41) is 23.0. The van der Waals surface area contributed by atoms with Crippen molar-refractivity contribution in [1.29, 1.82) is 0 Å². The van der Waals surface area contributed by atoms with Gasteiger partial charge in [-0.3, -0.25) is 14.5 Å². The summed E-state index contributed by atoms with van der Waals surface area (Å²) in [6.45, 7) is 4.89. The molecule has 1 spiro atoms. The first kappa shape index (κ1) is 22.1. The number of piperidine rings is 1. The fourth-order valence-electron chi connectivity index (χ4n) is 7.04. The first-order chi connectivity index (χ1) is 16.8. The number of furan rings is 1. The molecule has 1 amide bonds. The molecule has 1 saturated carbocycles. The Morgan fingerprint density at radius 3 is 2.91 bits per heavy atom. The summed E-state index contributed by atoms with van der Waals surface area (Å²) >= 11 is 0. The number of hydrogen-bond donors (Lipinski definition) is 2. The van der Waals surface area contributed by atoms with Gasteiger partial charge in [0, 0.05) is 42.9 Å². The quantitative estimate of drug-likeness (QED) is 0.505. The summed E-state index contributed by atoms with van der Waals surface area (Å²) < 4.78 is 11.5. The summed E-state index contributed by atoms with van der Waals surface area (Å²) in [7, 11) is 1.74. The minimum absolute atomic E-state index is 0.0535. The van der Waals surface area contributed by atoms with E-state index in [1.807, 2.05) is 4.90 Å². The second-order valence-electron chi connectivity index (χ2n) is 10.0. The number of Topliss-reactive ketones (excluding diaryl/α,β-unsaturated/α-hetero) is 1. The predicted octanol–water partition coefficient (Wildman–Crippen LogP) is 2.51. The lowest BCUT2D eigenvalue weighted by Gasteiger charge is -2.63. The number of carbonyl (C=O) groups excluding carboxylic acids is 2. The van der Waals surface area contributed by atoms with Crippen LogP contribution in [0.2, 0.25) is 0 Å². The molecule has 2 aliphatic carbocycles. The van der Waals surface area contributed by atoms with Crippen LogP contribution in [0.4, 0.5) is 0 Å². The third-order valence-electron chi connectivity index (χ3n) is 8.55. The normalized spacial score (nSPS) is 32.9. The van der Waals surface area contributed by atoms with Gasteiger partial charge in [-0.05, 0) is 43.5 Å². The number of nitrogens with zero attached hydrogens (tertiary/aromatic N) is 2. The molecule has 2 fully saturated rings. The summed E-state index contributed by atoms with van der Waals surface area (Å²) in [4.78, 5) is 30.5. The molecule has 1 aromatic heterocycles. The van der Waals surface area contributed by atoms with E-state index in [0.717, 1.165) is 5.56 Å². The van der Waals surface area contributed by atoms with Gasteiger partial charge in [-0.2, -0.15) is 0 Å². The standard InChI is InChI=1S/C27H28N2O6/c1-3-12-29-13-11-26-21-17-5-6-19(30)23(21)35-25(26)18(8-10-27(26,33)24(29)22(17)32)28(2)20(31)7-4-16-9-14-34-15-16/h3-7,9,14-15,18,24-25,30,33H,1,8,10-13H2,2H3/b7-4+/t18?,24-,25?,26+,27-/m1/s1. The van der Waals surface area contributed by atoms with Crippen molar-refractivity contribution >= 4 is 17.8 Å². The molecule has 35 heavy (non-hydrogen) atoms. The Hall–Kier alpha value is -3.36. The molecule has 182 valence electrons. The van der Waals surface area contributed by atoms with Crippen LogP contribution in [0.15, 0.2) is 53.9 Å². The summed E-state index contributed by atoms with van der Waals surface area (Å²) in [6.07, 6.45) is 8.77. The molecular formula is C27H28N2O6. The van der Waals surface area contributed by atoms with Crippen LogP contribution in [-0.4, -0.2) is 75.6 Å². The molecule has 2 aliphatic heterocycles. The zero-order valence-corrected chi connectivity index (χ0v) is 19.5. The number of amides is 1. The first-order valence-corrected chi connectivity index (χ1v) is 11.9. The first-order valence-electron chi connectivity index (χ1n) is 11.9. The summed E-state index contributed by atoms with van der Waals surface area (Å²) in [6, 6.07) is 3.80. The van der Waals surface area contributed by atoms with Crippen molar-refractivity contribution in [3.05, 3.63) is 66.1 Å². The minimum Gasteiger partial charge on any atom is -0.504 e. The maximum absolute atomic E-state index is 13.7. The number of likely N-dealkylation sites (tertiary alicyclic amines) is 1. The Labute approximate surface area is 203 Å². The molecule has 0 radical (unpaired) electrons. The van der Waals surface area contributed by atoms with E-state index in [4.69, 9.17) is 9.15 Å². The highest BCUT2D eigenvalue weighted by molar-refractivity contribution is 6.06. The SMILES string of the molecule is C=CCN1CC[C@]23c4c5ccc(O)c4OC2C(N(C)C(=O)/C=C/c2ccoc2)CC[C@@]3(O)[C@H]1C5=O. The van der Waals surface area contributed by atoms with Crippen LogP contribution in [0, 0.1) is 0 Å². The maximum Gasteiger partial charge on any atom is 0.246 e. The molecule has 2 bridgehead atoms. The molecule has 8 nitrogen and oxygen atoms in total. The van der Waals surface area contributed by atoms with Crippen molar-refractivity contribution in [2.45, 2.75) is 48.5 Å². The zero-order chi connectivity index (χ0) is 24.5. The zero-order valence-electron chi connectivity index (χ0n) is 19.5. The molecule has 8 heteroatoms. The number of ketones is 1. The van der Waals surface area contributed by atoms with Gasteiger partial charge in [-0.15, -0.1) is 6.58 Å². The lowest BCUT2D eigenvalue weighted by atomic mass is 9.48. The predicted molar refractivity (Wildman–Crippen MR) is 127 cm³/mol. The third-order valence-corrected chi connectivity index (χ3v) is 8.55. The Bertz CT molecular complexity index is 1250. The summed E-state index contributed by atoms with van der Waals surface area (Å²) in [5.41, 5.74) is -0.416. The molecule has 2 N–H and O–H groups in total. The van der Waals surface area contributed by atoms with Crippen LogP contribution < -0.4 is 4.74 Å². The van der Waals surface area contributed by atoms with Crippen LogP contribution in [-0.2, 0) is 10.2 Å². The fourth-order valence-corrected chi connectivity index (χ4v) is 7.04. The molecule has 3 heterocycles.